The predicted molar refractivity (Wildman–Crippen MR) is 117 cm³/mol. The minimum absolute atomic E-state index is 0.128. The van der Waals surface area contributed by atoms with E-state index in [0.29, 0.717) is 44.5 Å². The van der Waals surface area contributed by atoms with Crippen LogP contribution < -0.4 is 16.5 Å². The Balaban J connectivity index is 1.73. The van der Waals surface area contributed by atoms with Crippen molar-refractivity contribution >= 4 is 45.8 Å². The lowest BCUT2D eigenvalue weighted by molar-refractivity contribution is -0.114. The summed E-state index contributed by atoms with van der Waals surface area (Å²) in [5.74, 6) is 0.190. The molecule has 4 aromatic rings. The number of aromatic nitrogens is 4. The van der Waals surface area contributed by atoms with E-state index in [0.717, 1.165) is 10.6 Å². The first kappa shape index (κ1) is 19.7. The molecular weight excluding hydrogens is 402 g/mol. The molecule has 0 spiro atoms. The molecule has 0 saturated heterocycles. The summed E-state index contributed by atoms with van der Waals surface area (Å²) in [4.78, 5) is 21.1. The standard InChI is InChI=1S/C20H19N7O2S/c1-10-7-16(26-25-10)15-8-13(27-29)9-17-18(15)19(21)24-20(23-17)30-14-5-3-12(4-6-14)22-11(2)28/h3-9,27,29H,1-2H3,(H,22,28)(H,25,26)(H2,21,23,24). The van der Waals surface area contributed by atoms with Gasteiger partial charge >= 0.3 is 0 Å². The molecule has 0 bridgehead atoms. The summed E-state index contributed by atoms with van der Waals surface area (Å²) in [6, 6.07) is 12.7. The Morgan fingerprint density at radius 1 is 1.13 bits per heavy atom. The third kappa shape index (κ3) is 4.04. The number of hydrogen-bond acceptors (Lipinski definition) is 8. The summed E-state index contributed by atoms with van der Waals surface area (Å²) in [5.41, 5.74) is 12.5. The van der Waals surface area contributed by atoms with Crippen molar-refractivity contribution in [3.63, 3.8) is 0 Å². The van der Waals surface area contributed by atoms with Gasteiger partial charge in [-0.3, -0.25) is 20.6 Å². The number of nitrogens with zero attached hydrogens (tertiary/aromatic N) is 3. The van der Waals surface area contributed by atoms with Crippen molar-refractivity contribution in [2.45, 2.75) is 23.9 Å². The molecule has 152 valence electrons. The van der Waals surface area contributed by atoms with Gasteiger partial charge in [0.1, 0.15) is 5.82 Å². The number of anilines is 3. The molecule has 9 nitrogen and oxygen atoms in total. The first-order chi connectivity index (χ1) is 14.4. The largest absolute Gasteiger partial charge is 0.383 e. The van der Waals surface area contributed by atoms with Crippen molar-refractivity contribution in [1.82, 2.24) is 20.2 Å². The van der Waals surface area contributed by atoms with E-state index in [1.54, 1.807) is 24.3 Å². The highest BCUT2D eigenvalue weighted by molar-refractivity contribution is 7.99. The molecule has 0 aliphatic heterocycles. The van der Waals surface area contributed by atoms with E-state index in [9.17, 15) is 10.0 Å². The van der Waals surface area contributed by atoms with Gasteiger partial charge < -0.3 is 11.1 Å². The Hall–Kier alpha value is -3.63. The summed E-state index contributed by atoms with van der Waals surface area (Å²) in [5, 5.41) is 20.5. The number of H-pyrrole nitrogens is 1. The minimum Gasteiger partial charge on any atom is -0.383 e. The number of benzene rings is 2. The van der Waals surface area contributed by atoms with Crippen molar-refractivity contribution in [2.24, 2.45) is 0 Å². The molecule has 2 aromatic carbocycles. The smallest absolute Gasteiger partial charge is 0.221 e. The Morgan fingerprint density at radius 3 is 2.53 bits per heavy atom. The number of nitrogen functional groups attached to an aromatic ring is 1. The van der Waals surface area contributed by atoms with Crippen LogP contribution in [0.5, 0.6) is 0 Å². The summed E-state index contributed by atoms with van der Waals surface area (Å²) in [6.45, 7) is 3.36. The van der Waals surface area contributed by atoms with Crippen LogP contribution in [0.25, 0.3) is 22.2 Å². The zero-order chi connectivity index (χ0) is 21.3. The van der Waals surface area contributed by atoms with E-state index in [1.807, 2.05) is 25.1 Å². The molecule has 0 aliphatic carbocycles. The summed E-state index contributed by atoms with van der Waals surface area (Å²) in [7, 11) is 0. The molecule has 4 rings (SSSR count). The van der Waals surface area contributed by atoms with E-state index in [-0.39, 0.29) is 5.91 Å². The normalized spacial score (nSPS) is 10.9. The van der Waals surface area contributed by atoms with Crippen LogP contribution in [0.15, 0.2) is 52.5 Å². The molecule has 0 fully saturated rings. The van der Waals surface area contributed by atoms with Crippen LogP contribution in [0.3, 0.4) is 0 Å². The highest BCUT2D eigenvalue weighted by Gasteiger charge is 2.16. The maximum atomic E-state index is 11.2. The van der Waals surface area contributed by atoms with Crippen LogP contribution in [0, 0.1) is 6.92 Å². The molecule has 0 aliphatic rings. The maximum absolute atomic E-state index is 11.2. The number of fused-ring (bicyclic) bond motifs is 1. The lowest BCUT2D eigenvalue weighted by Gasteiger charge is -2.11. The Bertz CT molecular complexity index is 1240. The average molecular weight is 421 g/mol. The van der Waals surface area contributed by atoms with Gasteiger partial charge in [-0.15, -0.1) is 0 Å². The topological polar surface area (TPSA) is 142 Å². The van der Waals surface area contributed by atoms with Gasteiger partial charge in [-0.05, 0) is 61.2 Å². The summed E-state index contributed by atoms with van der Waals surface area (Å²) < 4.78 is 0. The third-order valence-electron chi connectivity index (χ3n) is 4.30. The number of carbonyl (C=O) groups is 1. The van der Waals surface area contributed by atoms with Gasteiger partial charge in [0.2, 0.25) is 5.91 Å². The number of aromatic amines is 1. The van der Waals surface area contributed by atoms with Crippen molar-refractivity contribution < 1.29 is 10.0 Å². The fourth-order valence-corrected chi connectivity index (χ4v) is 3.83. The van der Waals surface area contributed by atoms with Gasteiger partial charge in [0.05, 0.1) is 22.3 Å². The fourth-order valence-electron chi connectivity index (χ4n) is 3.05. The molecule has 1 amide bonds. The molecule has 0 unspecified atom stereocenters. The van der Waals surface area contributed by atoms with Crippen LogP contribution in [0.1, 0.15) is 12.6 Å². The Kier molecular flexibility index (Phi) is 5.25. The van der Waals surface area contributed by atoms with E-state index < -0.39 is 0 Å². The maximum Gasteiger partial charge on any atom is 0.221 e. The number of carbonyl (C=O) groups excluding carboxylic acids is 1. The van der Waals surface area contributed by atoms with Gasteiger partial charge in [0.25, 0.3) is 0 Å². The van der Waals surface area contributed by atoms with Gasteiger partial charge in [-0.25, -0.2) is 9.97 Å². The second-order valence-electron chi connectivity index (χ2n) is 6.66. The summed E-state index contributed by atoms with van der Waals surface area (Å²) >= 11 is 1.34. The third-order valence-corrected chi connectivity index (χ3v) is 5.17. The molecule has 6 N–H and O–H groups in total. The Labute approximate surface area is 176 Å². The van der Waals surface area contributed by atoms with E-state index in [1.165, 1.54) is 18.7 Å². The van der Waals surface area contributed by atoms with Gasteiger partial charge in [0, 0.05) is 28.8 Å². The number of hydrogen-bond donors (Lipinski definition) is 5. The molecular formula is C20H19N7O2S. The SMILES string of the molecule is CC(=O)Nc1ccc(Sc2nc(N)c3c(-c4cc(C)[nH]n4)cc(NO)cc3n2)cc1. The molecule has 0 radical (unpaired) electrons. The highest BCUT2D eigenvalue weighted by Crippen LogP contribution is 2.36. The quantitative estimate of drug-likeness (QED) is 0.242. The van der Waals surface area contributed by atoms with Gasteiger partial charge in [-0.2, -0.15) is 5.10 Å². The van der Waals surface area contributed by atoms with E-state index in [2.05, 4.69) is 31.0 Å². The second kappa shape index (κ2) is 8.01. The number of amides is 1. The minimum atomic E-state index is -0.128. The number of nitrogens with two attached hydrogens (primary N) is 1. The zero-order valence-corrected chi connectivity index (χ0v) is 17.0. The monoisotopic (exact) mass is 421 g/mol. The lowest BCUT2D eigenvalue weighted by atomic mass is 10.0. The highest BCUT2D eigenvalue weighted by atomic mass is 32.2. The second-order valence-corrected chi connectivity index (χ2v) is 7.71. The van der Waals surface area contributed by atoms with Crippen LogP contribution >= 0.6 is 11.8 Å². The van der Waals surface area contributed by atoms with E-state index in [4.69, 9.17) is 5.73 Å². The molecule has 0 saturated carbocycles. The van der Waals surface area contributed by atoms with Crippen LogP contribution in [0.2, 0.25) is 0 Å². The first-order valence-electron chi connectivity index (χ1n) is 9.02. The number of aryl methyl sites for hydroxylation is 1. The average Bonchev–Trinajstić information content (AvgIpc) is 3.14. The van der Waals surface area contributed by atoms with Crippen LogP contribution in [0.4, 0.5) is 17.2 Å². The van der Waals surface area contributed by atoms with Crippen molar-refractivity contribution in [2.75, 3.05) is 16.5 Å². The molecule has 10 heteroatoms. The Morgan fingerprint density at radius 2 is 1.90 bits per heavy atom. The van der Waals surface area contributed by atoms with Gasteiger partial charge in [0.15, 0.2) is 5.16 Å². The van der Waals surface area contributed by atoms with Crippen molar-refractivity contribution in [3.05, 3.63) is 48.2 Å². The van der Waals surface area contributed by atoms with Crippen molar-refractivity contribution in [1.29, 1.82) is 0 Å². The first-order valence-corrected chi connectivity index (χ1v) is 9.84. The van der Waals surface area contributed by atoms with Gasteiger partial charge in [-0.1, -0.05) is 0 Å². The van der Waals surface area contributed by atoms with E-state index >= 15 is 0 Å². The predicted octanol–water partition coefficient (Wildman–Crippen LogP) is 3.82. The number of nitrogens with one attached hydrogen (secondary N) is 3. The molecule has 30 heavy (non-hydrogen) atoms. The lowest BCUT2D eigenvalue weighted by Crippen LogP contribution is -2.05. The molecule has 2 aromatic heterocycles. The molecule has 0 atom stereocenters. The zero-order valence-electron chi connectivity index (χ0n) is 16.2. The fraction of sp³-hybridized carbons (Fsp3) is 0.100. The van der Waals surface area contributed by atoms with Crippen LogP contribution in [-0.4, -0.2) is 31.3 Å². The van der Waals surface area contributed by atoms with Crippen molar-refractivity contribution in [3.8, 4) is 11.3 Å². The van der Waals surface area contributed by atoms with Crippen LogP contribution in [-0.2, 0) is 4.79 Å². The molecule has 2 heterocycles. The summed E-state index contributed by atoms with van der Waals surface area (Å²) in [6.07, 6.45) is 0. The number of rotatable bonds is 5.